The third-order valence-corrected chi connectivity index (χ3v) is 5.87. The standard InChI is InChI=1S/C18H22N6OS/c1-11-8-13(12(2)24(11)18-21-5-7-26-18)17(25)23-9-14(15(19)10-23)16-20-4-6-22(16)3/h4-8,14-15H,9-10,19H2,1-3H3/t14-,15-/m1/s1. The van der Waals surface area contributed by atoms with Gasteiger partial charge < -0.3 is 15.2 Å². The van der Waals surface area contributed by atoms with Gasteiger partial charge in [0.05, 0.1) is 11.5 Å². The van der Waals surface area contributed by atoms with Crippen LogP contribution in [0.3, 0.4) is 0 Å². The van der Waals surface area contributed by atoms with Crippen LogP contribution in [0.15, 0.2) is 30.0 Å². The number of imidazole rings is 1. The lowest BCUT2D eigenvalue weighted by atomic mass is 10.0. The first-order chi connectivity index (χ1) is 12.5. The molecule has 4 heterocycles. The Balaban J connectivity index is 1.61. The van der Waals surface area contributed by atoms with E-state index in [0.717, 1.165) is 22.3 Å². The number of carbonyl (C=O) groups excluding carboxylic acids is 1. The zero-order valence-electron chi connectivity index (χ0n) is 15.1. The molecule has 2 N–H and O–H groups in total. The van der Waals surface area contributed by atoms with Gasteiger partial charge in [-0.2, -0.15) is 0 Å². The minimum atomic E-state index is -0.109. The van der Waals surface area contributed by atoms with Gasteiger partial charge in [0.1, 0.15) is 5.82 Å². The molecule has 0 bridgehead atoms. The number of likely N-dealkylation sites (tertiary alicyclic amines) is 1. The first kappa shape index (κ1) is 17.0. The zero-order valence-corrected chi connectivity index (χ0v) is 15.9. The second kappa shape index (κ2) is 6.37. The first-order valence-corrected chi connectivity index (χ1v) is 9.46. The van der Waals surface area contributed by atoms with Gasteiger partial charge in [-0.25, -0.2) is 9.97 Å². The quantitative estimate of drug-likeness (QED) is 0.763. The Morgan fingerprint density at radius 3 is 2.73 bits per heavy atom. The fourth-order valence-electron chi connectivity index (χ4n) is 3.77. The van der Waals surface area contributed by atoms with Gasteiger partial charge in [0, 0.05) is 61.5 Å². The molecule has 1 fully saturated rings. The molecule has 26 heavy (non-hydrogen) atoms. The van der Waals surface area contributed by atoms with Crippen LogP contribution in [0.4, 0.5) is 0 Å². The van der Waals surface area contributed by atoms with Gasteiger partial charge in [-0.15, -0.1) is 11.3 Å². The second-order valence-corrected chi connectivity index (χ2v) is 7.68. The number of rotatable bonds is 3. The van der Waals surface area contributed by atoms with Crippen LogP contribution in [-0.4, -0.2) is 49.0 Å². The summed E-state index contributed by atoms with van der Waals surface area (Å²) >= 11 is 1.56. The Labute approximate surface area is 156 Å². The Morgan fingerprint density at radius 2 is 2.08 bits per heavy atom. The normalized spacial score (nSPS) is 20.1. The van der Waals surface area contributed by atoms with Crippen LogP contribution in [-0.2, 0) is 7.05 Å². The number of aromatic nitrogens is 4. The lowest BCUT2D eigenvalue weighted by Crippen LogP contribution is -2.32. The molecule has 3 aromatic rings. The molecule has 1 aliphatic rings. The smallest absolute Gasteiger partial charge is 0.255 e. The van der Waals surface area contributed by atoms with Gasteiger partial charge >= 0.3 is 0 Å². The predicted molar refractivity (Wildman–Crippen MR) is 101 cm³/mol. The highest BCUT2D eigenvalue weighted by Crippen LogP contribution is 2.28. The summed E-state index contributed by atoms with van der Waals surface area (Å²) in [6, 6.07) is 1.83. The fraction of sp³-hybridized carbons (Fsp3) is 0.389. The summed E-state index contributed by atoms with van der Waals surface area (Å²) in [6.45, 7) is 5.09. The molecule has 2 atom stereocenters. The Bertz CT molecular complexity index is 941. The van der Waals surface area contributed by atoms with Gasteiger partial charge in [0.15, 0.2) is 5.13 Å². The Morgan fingerprint density at radius 1 is 1.27 bits per heavy atom. The molecule has 0 unspecified atom stereocenters. The van der Waals surface area contributed by atoms with Crippen LogP contribution in [0.2, 0.25) is 0 Å². The van der Waals surface area contributed by atoms with Crippen LogP contribution in [0, 0.1) is 13.8 Å². The molecule has 0 aliphatic carbocycles. The summed E-state index contributed by atoms with van der Waals surface area (Å²) < 4.78 is 4.01. The number of nitrogens with two attached hydrogens (primary N) is 1. The molecule has 7 nitrogen and oxygen atoms in total. The highest BCUT2D eigenvalue weighted by atomic mass is 32.1. The predicted octanol–water partition coefficient (Wildman–Crippen LogP) is 1.85. The van der Waals surface area contributed by atoms with Crippen LogP contribution < -0.4 is 5.73 Å². The van der Waals surface area contributed by atoms with E-state index in [2.05, 4.69) is 9.97 Å². The highest BCUT2D eigenvalue weighted by molar-refractivity contribution is 7.12. The van der Waals surface area contributed by atoms with Crippen LogP contribution >= 0.6 is 11.3 Å². The van der Waals surface area contributed by atoms with Crippen molar-refractivity contribution in [2.45, 2.75) is 25.8 Å². The van der Waals surface area contributed by atoms with Crippen molar-refractivity contribution in [3.05, 3.63) is 52.8 Å². The first-order valence-electron chi connectivity index (χ1n) is 8.58. The third-order valence-electron chi connectivity index (χ3n) is 5.11. The number of thiazole rings is 1. The summed E-state index contributed by atoms with van der Waals surface area (Å²) in [6.07, 6.45) is 5.46. The molecule has 1 saturated heterocycles. The zero-order chi connectivity index (χ0) is 18.4. The fourth-order valence-corrected chi connectivity index (χ4v) is 4.52. The molecule has 0 spiro atoms. The Hall–Kier alpha value is -2.45. The summed E-state index contributed by atoms with van der Waals surface area (Å²) in [7, 11) is 1.96. The maximum Gasteiger partial charge on any atom is 0.255 e. The summed E-state index contributed by atoms with van der Waals surface area (Å²) in [4.78, 5) is 23.8. The number of aryl methyl sites for hydroxylation is 2. The van der Waals surface area contributed by atoms with Crippen molar-refractivity contribution in [1.29, 1.82) is 0 Å². The van der Waals surface area contributed by atoms with E-state index in [1.54, 1.807) is 23.7 Å². The number of hydrogen-bond donors (Lipinski definition) is 1. The van der Waals surface area contributed by atoms with E-state index in [-0.39, 0.29) is 17.9 Å². The van der Waals surface area contributed by atoms with Crippen molar-refractivity contribution in [1.82, 2.24) is 24.0 Å². The summed E-state index contributed by atoms with van der Waals surface area (Å²) in [5.74, 6) is 1.01. The topological polar surface area (TPSA) is 82.0 Å². The van der Waals surface area contributed by atoms with Crippen molar-refractivity contribution in [3.63, 3.8) is 0 Å². The van der Waals surface area contributed by atoms with E-state index < -0.39 is 0 Å². The van der Waals surface area contributed by atoms with Crippen LogP contribution in [0.25, 0.3) is 5.13 Å². The molecule has 136 valence electrons. The maximum absolute atomic E-state index is 13.2. The number of hydrogen-bond acceptors (Lipinski definition) is 5. The van der Waals surface area contributed by atoms with Gasteiger partial charge in [-0.05, 0) is 19.9 Å². The molecule has 3 aromatic heterocycles. The second-order valence-electron chi connectivity index (χ2n) is 6.81. The molecule has 0 saturated carbocycles. The average Bonchev–Trinajstić information content (AvgIpc) is 3.36. The van der Waals surface area contributed by atoms with Gasteiger partial charge in [-0.1, -0.05) is 0 Å². The molecule has 0 radical (unpaired) electrons. The molecule has 0 aromatic carbocycles. The van der Waals surface area contributed by atoms with E-state index in [0.29, 0.717) is 18.7 Å². The summed E-state index contributed by atoms with van der Waals surface area (Å²) in [5, 5.41) is 2.81. The van der Waals surface area contributed by atoms with Gasteiger partial charge in [-0.3, -0.25) is 9.36 Å². The monoisotopic (exact) mass is 370 g/mol. The van der Waals surface area contributed by atoms with Crippen molar-refractivity contribution in [2.75, 3.05) is 13.1 Å². The van der Waals surface area contributed by atoms with Gasteiger partial charge in [0.2, 0.25) is 0 Å². The minimum absolute atomic E-state index is 0.0214. The Kier molecular flexibility index (Phi) is 4.16. The van der Waals surface area contributed by atoms with E-state index in [1.165, 1.54) is 0 Å². The largest absolute Gasteiger partial charge is 0.338 e. The SMILES string of the molecule is Cc1cc(C(=O)N2C[C@@H](N)[C@H](c3nccn3C)C2)c(C)n1-c1nccs1. The highest BCUT2D eigenvalue weighted by Gasteiger charge is 2.37. The van der Waals surface area contributed by atoms with E-state index >= 15 is 0 Å². The van der Waals surface area contributed by atoms with Crippen LogP contribution in [0.5, 0.6) is 0 Å². The minimum Gasteiger partial charge on any atom is -0.338 e. The molecule has 8 heteroatoms. The van der Waals surface area contributed by atoms with Crippen molar-refractivity contribution in [3.8, 4) is 5.13 Å². The van der Waals surface area contributed by atoms with E-state index in [4.69, 9.17) is 5.73 Å². The lowest BCUT2D eigenvalue weighted by molar-refractivity contribution is 0.0788. The maximum atomic E-state index is 13.2. The van der Waals surface area contributed by atoms with Crippen LogP contribution in [0.1, 0.15) is 33.5 Å². The molecule has 1 amide bonds. The molecule has 4 rings (SSSR count). The van der Waals surface area contributed by atoms with E-state index in [1.807, 2.05) is 52.6 Å². The van der Waals surface area contributed by atoms with Crippen molar-refractivity contribution < 1.29 is 4.79 Å². The number of nitrogens with zero attached hydrogens (tertiary/aromatic N) is 5. The molecular weight excluding hydrogens is 348 g/mol. The third kappa shape index (κ3) is 2.65. The lowest BCUT2D eigenvalue weighted by Gasteiger charge is -2.16. The number of amides is 1. The summed E-state index contributed by atoms with van der Waals surface area (Å²) in [5.41, 5.74) is 8.97. The van der Waals surface area contributed by atoms with Gasteiger partial charge in [0.25, 0.3) is 5.91 Å². The molecular formula is C18H22N6OS. The average molecular weight is 370 g/mol. The van der Waals surface area contributed by atoms with E-state index in [9.17, 15) is 4.79 Å². The van der Waals surface area contributed by atoms with Crippen molar-refractivity contribution in [2.24, 2.45) is 12.8 Å². The number of carbonyl (C=O) groups is 1. The van der Waals surface area contributed by atoms with Crippen molar-refractivity contribution >= 4 is 17.2 Å². The molecule has 1 aliphatic heterocycles.